The minimum Gasteiger partial charge on any atom is -0.469 e. The summed E-state index contributed by atoms with van der Waals surface area (Å²) in [4.78, 5) is 14.9. The highest BCUT2D eigenvalue weighted by Gasteiger charge is 2.23. The Morgan fingerprint density at radius 3 is 3.22 bits per heavy atom. The van der Waals surface area contributed by atoms with E-state index >= 15 is 0 Å². The van der Waals surface area contributed by atoms with Gasteiger partial charge < -0.3 is 9.47 Å². The van der Waals surface area contributed by atoms with Gasteiger partial charge in [-0.1, -0.05) is 0 Å². The SMILES string of the molecule is COC(=O)CC1CN(Cc2cc(Br)cs2)CCO1. The number of rotatable bonds is 4. The minimum absolute atomic E-state index is 0.0467. The van der Waals surface area contributed by atoms with E-state index in [0.29, 0.717) is 13.0 Å². The van der Waals surface area contributed by atoms with Gasteiger partial charge in [-0.25, -0.2) is 0 Å². The van der Waals surface area contributed by atoms with Crippen molar-refractivity contribution in [1.82, 2.24) is 4.90 Å². The third-order valence-electron chi connectivity index (χ3n) is 2.85. The summed E-state index contributed by atoms with van der Waals surface area (Å²) >= 11 is 5.20. The quantitative estimate of drug-likeness (QED) is 0.792. The van der Waals surface area contributed by atoms with E-state index in [1.165, 1.54) is 12.0 Å². The van der Waals surface area contributed by atoms with E-state index in [9.17, 15) is 4.79 Å². The van der Waals surface area contributed by atoms with Crippen molar-refractivity contribution in [2.75, 3.05) is 26.8 Å². The Balaban J connectivity index is 1.84. The fourth-order valence-electron chi connectivity index (χ4n) is 1.97. The summed E-state index contributed by atoms with van der Waals surface area (Å²) in [6.45, 7) is 3.28. The summed E-state index contributed by atoms with van der Waals surface area (Å²) < 4.78 is 11.4. The number of nitrogens with zero attached hydrogens (tertiary/aromatic N) is 1. The fourth-order valence-corrected chi connectivity index (χ4v) is 3.47. The molecule has 2 rings (SSSR count). The zero-order valence-electron chi connectivity index (χ0n) is 10.2. The number of carbonyl (C=O) groups is 1. The highest BCUT2D eigenvalue weighted by atomic mass is 79.9. The van der Waals surface area contributed by atoms with Crippen LogP contribution in [0.15, 0.2) is 15.9 Å². The van der Waals surface area contributed by atoms with Gasteiger partial charge in [0.25, 0.3) is 0 Å². The van der Waals surface area contributed by atoms with Gasteiger partial charge in [0.15, 0.2) is 0 Å². The van der Waals surface area contributed by atoms with Crippen molar-refractivity contribution in [2.45, 2.75) is 19.1 Å². The first-order chi connectivity index (χ1) is 8.67. The monoisotopic (exact) mass is 333 g/mol. The van der Waals surface area contributed by atoms with Crippen molar-refractivity contribution in [3.63, 3.8) is 0 Å². The smallest absolute Gasteiger partial charge is 0.308 e. The molecule has 0 aromatic carbocycles. The lowest BCUT2D eigenvalue weighted by Crippen LogP contribution is -2.42. The molecule has 0 N–H and O–H groups in total. The summed E-state index contributed by atoms with van der Waals surface area (Å²) in [6.07, 6.45) is 0.288. The summed E-state index contributed by atoms with van der Waals surface area (Å²) in [5.41, 5.74) is 0. The second-order valence-electron chi connectivity index (χ2n) is 4.24. The zero-order valence-corrected chi connectivity index (χ0v) is 12.6. The van der Waals surface area contributed by atoms with Crippen LogP contribution in [0.1, 0.15) is 11.3 Å². The van der Waals surface area contributed by atoms with E-state index in [-0.39, 0.29) is 12.1 Å². The van der Waals surface area contributed by atoms with E-state index in [2.05, 4.69) is 37.0 Å². The summed E-state index contributed by atoms with van der Waals surface area (Å²) in [6, 6.07) is 2.13. The molecule has 4 nitrogen and oxygen atoms in total. The van der Waals surface area contributed by atoms with Gasteiger partial charge in [0.1, 0.15) is 0 Å². The van der Waals surface area contributed by atoms with Crippen molar-refractivity contribution in [3.05, 3.63) is 20.8 Å². The lowest BCUT2D eigenvalue weighted by molar-refractivity contribution is -0.145. The molecule has 0 bridgehead atoms. The van der Waals surface area contributed by atoms with Gasteiger partial charge in [-0.2, -0.15) is 0 Å². The molecule has 1 aromatic rings. The molecule has 1 fully saturated rings. The second-order valence-corrected chi connectivity index (χ2v) is 6.15. The number of hydrogen-bond donors (Lipinski definition) is 0. The van der Waals surface area contributed by atoms with Gasteiger partial charge >= 0.3 is 5.97 Å². The average molecular weight is 334 g/mol. The molecule has 0 radical (unpaired) electrons. The third-order valence-corrected chi connectivity index (χ3v) is 4.53. The van der Waals surface area contributed by atoms with E-state index < -0.39 is 0 Å². The van der Waals surface area contributed by atoms with Gasteiger partial charge in [0, 0.05) is 34.4 Å². The number of esters is 1. The van der Waals surface area contributed by atoms with Gasteiger partial charge in [0.05, 0.1) is 26.2 Å². The number of ether oxygens (including phenoxy) is 2. The van der Waals surface area contributed by atoms with Crippen molar-refractivity contribution >= 4 is 33.2 Å². The molecule has 1 aromatic heterocycles. The molecule has 1 aliphatic rings. The Kier molecular flexibility index (Phi) is 5.17. The van der Waals surface area contributed by atoms with Crippen LogP contribution in [0.3, 0.4) is 0 Å². The molecule has 2 heterocycles. The van der Waals surface area contributed by atoms with E-state index in [1.54, 1.807) is 11.3 Å². The Labute approximate surface area is 119 Å². The minimum atomic E-state index is -0.208. The summed E-state index contributed by atoms with van der Waals surface area (Å²) in [5.74, 6) is -0.208. The topological polar surface area (TPSA) is 38.8 Å². The summed E-state index contributed by atoms with van der Waals surface area (Å²) in [7, 11) is 1.41. The number of methoxy groups -OCH3 is 1. The highest BCUT2D eigenvalue weighted by molar-refractivity contribution is 9.10. The maximum absolute atomic E-state index is 11.2. The molecule has 100 valence electrons. The Morgan fingerprint density at radius 2 is 2.56 bits per heavy atom. The Bertz CT molecular complexity index is 410. The number of halogens is 1. The van der Waals surface area contributed by atoms with Crippen LogP contribution in [0.5, 0.6) is 0 Å². The Hall–Kier alpha value is -0.430. The maximum Gasteiger partial charge on any atom is 0.308 e. The molecular weight excluding hydrogens is 318 g/mol. The first kappa shape index (κ1) is 14.0. The van der Waals surface area contributed by atoms with Gasteiger partial charge in [-0.05, 0) is 22.0 Å². The normalized spacial score (nSPS) is 20.9. The van der Waals surface area contributed by atoms with Crippen molar-refractivity contribution < 1.29 is 14.3 Å². The van der Waals surface area contributed by atoms with E-state index in [4.69, 9.17) is 4.74 Å². The van der Waals surface area contributed by atoms with Crippen LogP contribution in [0.4, 0.5) is 0 Å². The molecule has 1 aliphatic heterocycles. The molecule has 18 heavy (non-hydrogen) atoms. The molecule has 0 saturated carbocycles. The average Bonchev–Trinajstić information content (AvgIpc) is 2.75. The maximum atomic E-state index is 11.2. The lowest BCUT2D eigenvalue weighted by atomic mass is 10.2. The van der Waals surface area contributed by atoms with Crippen LogP contribution in [0.25, 0.3) is 0 Å². The molecule has 6 heteroatoms. The van der Waals surface area contributed by atoms with E-state index in [0.717, 1.165) is 24.1 Å². The van der Waals surface area contributed by atoms with Crippen LogP contribution in [-0.2, 0) is 20.8 Å². The van der Waals surface area contributed by atoms with Crippen LogP contribution in [0.2, 0.25) is 0 Å². The molecule has 1 unspecified atom stereocenters. The van der Waals surface area contributed by atoms with Gasteiger partial charge in [-0.15, -0.1) is 11.3 Å². The number of thiophene rings is 1. The standard InChI is InChI=1S/C12H16BrNO3S/c1-16-12(15)5-10-6-14(2-3-17-10)7-11-4-9(13)8-18-11/h4,8,10H,2-3,5-7H2,1H3. The Morgan fingerprint density at radius 1 is 1.72 bits per heavy atom. The number of morpholine rings is 1. The van der Waals surface area contributed by atoms with Gasteiger partial charge in [0.2, 0.25) is 0 Å². The number of hydrogen-bond acceptors (Lipinski definition) is 5. The zero-order chi connectivity index (χ0) is 13.0. The molecule has 1 saturated heterocycles. The second kappa shape index (κ2) is 6.65. The highest BCUT2D eigenvalue weighted by Crippen LogP contribution is 2.22. The van der Waals surface area contributed by atoms with Crippen LogP contribution in [-0.4, -0.2) is 43.8 Å². The third kappa shape index (κ3) is 4.05. The number of carbonyl (C=O) groups excluding carboxylic acids is 1. The molecule has 1 atom stereocenters. The van der Waals surface area contributed by atoms with E-state index in [1.807, 2.05) is 0 Å². The lowest BCUT2D eigenvalue weighted by Gasteiger charge is -2.32. The predicted molar refractivity (Wildman–Crippen MR) is 73.7 cm³/mol. The predicted octanol–water partition coefficient (Wildman–Crippen LogP) is 2.27. The first-order valence-electron chi connectivity index (χ1n) is 5.81. The molecule has 0 amide bonds. The molecule has 0 spiro atoms. The van der Waals surface area contributed by atoms with Crippen LogP contribution < -0.4 is 0 Å². The molecule has 0 aliphatic carbocycles. The van der Waals surface area contributed by atoms with Crippen molar-refractivity contribution in [2.24, 2.45) is 0 Å². The summed E-state index contributed by atoms with van der Waals surface area (Å²) in [5, 5.41) is 2.09. The first-order valence-corrected chi connectivity index (χ1v) is 7.48. The van der Waals surface area contributed by atoms with Crippen LogP contribution >= 0.6 is 27.3 Å². The largest absolute Gasteiger partial charge is 0.469 e. The van der Waals surface area contributed by atoms with Crippen molar-refractivity contribution in [1.29, 1.82) is 0 Å². The van der Waals surface area contributed by atoms with Gasteiger partial charge in [-0.3, -0.25) is 9.69 Å². The van der Waals surface area contributed by atoms with Crippen LogP contribution in [0, 0.1) is 0 Å². The van der Waals surface area contributed by atoms with Crippen molar-refractivity contribution in [3.8, 4) is 0 Å². The fraction of sp³-hybridized carbons (Fsp3) is 0.583. The molecular formula is C12H16BrNO3S.